The second-order valence-electron chi connectivity index (χ2n) is 8.09. The Kier molecular flexibility index (Phi) is 4.69. The molecule has 0 saturated carbocycles. The molecule has 0 spiro atoms. The SMILES string of the molecule is CC1C(=O)N(C[C@H]2CC[C@H]3CN(c4ccccn4)CCN3C2)C(=O)C1C. The molecule has 0 radical (unpaired) electrons. The van der Waals surface area contributed by atoms with Crippen molar-refractivity contribution in [2.24, 2.45) is 17.8 Å². The molecule has 6 nitrogen and oxygen atoms in total. The minimum atomic E-state index is -0.166. The van der Waals surface area contributed by atoms with Crippen molar-refractivity contribution >= 4 is 17.6 Å². The van der Waals surface area contributed by atoms with Crippen LogP contribution in [0.25, 0.3) is 0 Å². The molecule has 0 aliphatic carbocycles. The maximum Gasteiger partial charge on any atom is 0.232 e. The van der Waals surface area contributed by atoms with E-state index in [1.54, 1.807) is 0 Å². The van der Waals surface area contributed by atoms with Gasteiger partial charge >= 0.3 is 0 Å². The number of piperazine rings is 1. The van der Waals surface area contributed by atoms with Gasteiger partial charge in [0, 0.05) is 56.8 Å². The number of hydrogen-bond donors (Lipinski definition) is 0. The molecule has 6 heteroatoms. The van der Waals surface area contributed by atoms with Crippen molar-refractivity contribution in [2.75, 3.05) is 37.6 Å². The first-order chi connectivity index (χ1) is 12.5. The summed E-state index contributed by atoms with van der Waals surface area (Å²) in [6, 6.07) is 6.62. The Morgan fingerprint density at radius 2 is 1.81 bits per heavy atom. The number of likely N-dealkylation sites (tertiary alicyclic amines) is 1. The molecule has 4 atom stereocenters. The summed E-state index contributed by atoms with van der Waals surface area (Å²) in [5.74, 6) is 1.17. The Morgan fingerprint density at radius 3 is 2.50 bits per heavy atom. The number of rotatable bonds is 3. The predicted octanol–water partition coefficient (Wildman–Crippen LogP) is 1.62. The van der Waals surface area contributed by atoms with E-state index in [0.29, 0.717) is 18.5 Å². The maximum absolute atomic E-state index is 12.4. The van der Waals surface area contributed by atoms with Crippen molar-refractivity contribution in [1.82, 2.24) is 14.8 Å². The van der Waals surface area contributed by atoms with Crippen molar-refractivity contribution < 1.29 is 9.59 Å². The first-order valence-electron chi connectivity index (χ1n) is 9.80. The van der Waals surface area contributed by atoms with Crippen LogP contribution < -0.4 is 4.90 Å². The minimum absolute atomic E-state index is 0.0181. The molecule has 3 aliphatic heterocycles. The highest BCUT2D eigenvalue weighted by Crippen LogP contribution is 2.31. The van der Waals surface area contributed by atoms with Gasteiger partial charge in [-0.25, -0.2) is 4.98 Å². The molecule has 0 bridgehead atoms. The molecule has 140 valence electrons. The fourth-order valence-corrected chi connectivity index (χ4v) is 4.62. The lowest BCUT2D eigenvalue weighted by molar-refractivity contribution is -0.140. The van der Waals surface area contributed by atoms with Crippen molar-refractivity contribution in [2.45, 2.75) is 32.7 Å². The molecular formula is C20H28N4O2. The fourth-order valence-electron chi connectivity index (χ4n) is 4.62. The second kappa shape index (κ2) is 6.99. The molecule has 3 saturated heterocycles. The molecule has 0 N–H and O–H groups in total. The van der Waals surface area contributed by atoms with E-state index in [4.69, 9.17) is 0 Å². The number of nitrogens with zero attached hydrogens (tertiary/aromatic N) is 4. The first kappa shape index (κ1) is 17.5. The third-order valence-corrected chi connectivity index (χ3v) is 6.48. The number of hydrogen-bond acceptors (Lipinski definition) is 5. The van der Waals surface area contributed by atoms with E-state index in [1.165, 1.54) is 4.90 Å². The number of carbonyl (C=O) groups is 2. The van der Waals surface area contributed by atoms with Gasteiger partial charge in [-0.15, -0.1) is 0 Å². The highest BCUT2D eigenvalue weighted by Gasteiger charge is 2.44. The van der Waals surface area contributed by atoms with Crippen LogP contribution in [0.4, 0.5) is 5.82 Å². The van der Waals surface area contributed by atoms with Crippen LogP contribution in [-0.4, -0.2) is 65.4 Å². The average Bonchev–Trinajstić information content (AvgIpc) is 2.86. The molecule has 3 aliphatic rings. The van der Waals surface area contributed by atoms with E-state index >= 15 is 0 Å². The molecule has 4 heterocycles. The quantitative estimate of drug-likeness (QED) is 0.771. The summed E-state index contributed by atoms with van der Waals surface area (Å²) < 4.78 is 0. The minimum Gasteiger partial charge on any atom is -0.354 e. The third-order valence-electron chi connectivity index (χ3n) is 6.48. The van der Waals surface area contributed by atoms with Gasteiger partial charge < -0.3 is 4.90 Å². The summed E-state index contributed by atoms with van der Waals surface area (Å²) in [4.78, 5) is 35.7. The number of aromatic nitrogens is 1. The summed E-state index contributed by atoms with van der Waals surface area (Å²) in [5.41, 5.74) is 0. The number of carbonyl (C=O) groups excluding carboxylic acids is 2. The van der Waals surface area contributed by atoms with Gasteiger partial charge in [0.2, 0.25) is 11.8 Å². The van der Waals surface area contributed by atoms with Crippen molar-refractivity contribution in [3.05, 3.63) is 24.4 Å². The smallest absolute Gasteiger partial charge is 0.232 e. The van der Waals surface area contributed by atoms with E-state index in [-0.39, 0.29) is 23.7 Å². The molecule has 4 rings (SSSR count). The topological polar surface area (TPSA) is 56.8 Å². The van der Waals surface area contributed by atoms with Crippen LogP contribution in [0.1, 0.15) is 26.7 Å². The van der Waals surface area contributed by atoms with Crippen LogP contribution >= 0.6 is 0 Å². The molecule has 1 aromatic rings. The van der Waals surface area contributed by atoms with Gasteiger partial charge in [0.15, 0.2) is 0 Å². The zero-order chi connectivity index (χ0) is 18.3. The summed E-state index contributed by atoms with van der Waals surface area (Å²) in [7, 11) is 0. The highest BCUT2D eigenvalue weighted by molar-refractivity contribution is 6.04. The second-order valence-corrected chi connectivity index (χ2v) is 8.09. The lowest BCUT2D eigenvalue weighted by atomic mass is 9.90. The van der Waals surface area contributed by atoms with Gasteiger partial charge in [0.05, 0.1) is 0 Å². The van der Waals surface area contributed by atoms with E-state index in [9.17, 15) is 9.59 Å². The summed E-state index contributed by atoms with van der Waals surface area (Å²) in [5, 5.41) is 0. The van der Waals surface area contributed by atoms with E-state index in [1.807, 2.05) is 32.2 Å². The highest BCUT2D eigenvalue weighted by atomic mass is 16.2. The van der Waals surface area contributed by atoms with Crippen LogP contribution in [0.15, 0.2) is 24.4 Å². The van der Waals surface area contributed by atoms with Crippen LogP contribution in [0.2, 0.25) is 0 Å². The largest absolute Gasteiger partial charge is 0.354 e. The average molecular weight is 356 g/mol. The Labute approximate surface area is 155 Å². The Morgan fingerprint density at radius 1 is 1.04 bits per heavy atom. The van der Waals surface area contributed by atoms with Crippen molar-refractivity contribution in [1.29, 1.82) is 0 Å². The Balaban J connectivity index is 1.35. The Bertz CT molecular complexity index is 660. The van der Waals surface area contributed by atoms with E-state index in [2.05, 4.69) is 20.9 Å². The van der Waals surface area contributed by atoms with Crippen molar-refractivity contribution in [3.8, 4) is 0 Å². The van der Waals surface area contributed by atoms with Crippen molar-refractivity contribution in [3.63, 3.8) is 0 Å². The van der Waals surface area contributed by atoms with Gasteiger partial charge in [-0.05, 0) is 30.9 Å². The van der Waals surface area contributed by atoms with E-state index in [0.717, 1.165) is 44.8 Å². The number of pyridine rings is 1. The monoisotopic (exact) mass is 356 g/mol. The molecule has 0 aromatic carbocycles. The molecule has 1 aromatic heterocycles. The van der Waals surface area contributed by atoms with Gasteiger partial charge in [0.1, 0.15) is 5.82 Å². The zero-order valence-electron chi connectivity index (χ0n) is 15.7. The molecule has 2 amide bonds. The fraction of sp³-hybridized carbons (Fsp3) is 0.650. The zero-order valence-corrected chi connectivity index (χ0v) is 15.7. The van der Waals surface area contributed by atoms with Gasteiger partial charge in [0.25, 0.3) is 0 Å². The van der Waals surface area contributed by atoms with Gasteiger partial charge in [-0.2, -0.15) is 0 Å². The normalized spacial score (nSPS) is 32.8. The third kappa shape index (κ3) is 3.11. The van der Waals surface area contributed by atoms with E-state index < -0.39 is 0 Å². The number of fused-ring (bicyclic) bond motifs is 1. The molecule has 2 unspecified atom stereocenters. The first-order valence-corrected chi connectivity index (χ1v) is 9.80. The number of imide groups is 1. The van der Waals surface area contributed by atoms with Crippen LogP contribution in [-0.2, 0) is 9.59 Å². The van der Waals surface area contributed by atoms with Crippen LogP contribution in [0.5, 0.6) is 0 Å². The lowest BCUT2D eigenvalue weighted by Gasteiger charge is -2.47. The number of piperidine rings is 1. The molecule has 26 heavy (non-hydrogen) atoms. The summed E-state index contributed by atoms with van der Waals surface area (Å²) >= 11 is 0. The summed E-state index contributed by atoms with van der Waals surface area (Å²) in [6.45, 7) is 8.35. The molecule has 3 fully saturated rings. The maximum atomic E-state index is 12.4. The van der Waals surface area contributed by atoms with Gasteiger partial charge in [-0.1, -0.05) is 19.9 Å². The standard InChI is InChI=1S/C20H28N4O2/c1-14-15(2)20(26)24(19(14)25)12-16-6-7-17-13-23(10-9-22(17)11-16)18-5-3-4-8-21-18/h3-5,8,14-17H,6-7,9-13H2,1-2H3/t14?,15?,16-,17-/m0/s1. The van der Waals surface area contributed by atoms with Crippen LogP contribution in [0, 0.1) is 17.8 Å². The lowest BCUT2D eigenvalue weighted by Crippen LogP contribution is -2.57. The van der Waals surface area contributed by atoms with Gasteiger partial charge in [-0.3, -0.25) is 19.4 Å². The Hall–Kier alpha value is -1.95. The predicted molar refractivity (Wildman–Crippen MR) is 99.6 cm³/mol. The summed E-state index contributed by atoms with van der Waals surface area (Å²) in [6.07, 6.45) is 4.05. The van der Waals surface area contributed by atoms with Crippen LogP contribution in [0.3, 0.4) is 0 Å². The number of amides is 2. The number of anilines is 1. The molecular weight excluding hydrogens is 328 g/mol.